The van der Waals surface area contributed by atoms with E-state index in [-0.39, 0.29) is 12.1 Å². The number of carbonyl (C=O) groups is 1. The number of hydrogen-bond donors (Lipinski definition) is 1. The molecule has 1 heterocycles. The Morgan fingerprint density at radius 1 is 1.21 bits per heavy atom. The molecule has 5 nitrogen and oxygen atoms in total. The fourth-order valence-corrected chi connectivity index (χ4v) is 4.57. The number of piperazine rings is 1. The predicted octanol–water partition coefficient (Wildman–Crippen LogP) is 4.49. The minimum absolute atomic E-state index is 0.0594. The number of aliphatic carboxylic acids is 1. The summed E-state index contributed by atoms with van der Waals surface area (Å²) < 4.78 is 5.23. The van der Waals surface area contributed by atoms with Gasteiger partial charge in [-0.25, -0.2) is 0 Å². The quantitative estimate of drug-likeness (QED) is 0.743. The van der Waals surface area contributed by atoms with Gasteiger partial charge in [0, 0.05) is 40.0 Å². The molecule has 0 radical (unpaired) electrons. The molecule has 1 N–H and O–H groups in total. The molecule has 2 aromatic carbocycles. The van der Waals surface area contributed by atoms with Crippen LogP contribution in [0.25, 0.3) is 0 Å². The fourth-order valence-electron chi connectivity index (χ4n) is 3.45. The lowest BCUT2D eigenvalue weighted by Gasteiger charge is -2.47. The smallest absolute Gasteiger partial charge is 0.317 e. The Morgan fingerprint density at radius 3 is 2.54 bits per heavy atom. The van der Waals surface area contributed by atoms with Crippen molar-refractivity contribution in [2.24, 2.45) is 0 Å². The Balaban J connectivity index is 1.83. The van der Waals surface area contributed by atoms with Crippen LogP contribution >= 0.6 is 23.4 Å². The zero-order valence-electron chi connectivity index (χ0n) is 16.3. The molecule has 0 unspecified atom stereocenters. The first kappa shape index (κ1) is 20.8. The van der Waals surface area contributed by atoms with Crippen LogP contribution in [0.5, 0.6) is 5.75 Å². The molecule has 28 heavy (non-hydrogen) atoms. The van der Waals surface area contributed by atoms with E-state index >= 15 is 0 Å². The van der Waals surface area contributed by atoms with E-state index in [1.165, 1.54) is 0 Å². The Bertz CT molecular complexity index is 842. The molecule has 0 amide bonds. The van der Waals surface area contributed by atoms with Gasteiger partial charge in [0.15, 0.2) is 0 Å². The van der Waals surface area contributed by atoms with Gasteiger partial charge >= 0.3 is 5.97 Å². The molecule has 1 aliphatic heterocycles. The van der Waals surface area contributed by atoms with Crippen LogP contribution in [-0.4, -0.2) is 54.8 Å². The van der Waals surface area contributed by atoms with Crippen molar-refractivity contribution in [3.05, 3.63) is 47.5 Å². The first-order chi connectivity index (χ1) is 13.3. The van der Waals surface area contributed by atoms with E-state index in [4.69, 9.17) is 16.3 Å². The minimum atomic E-state index is -0.792. The number of anilines is 1. The van der Waals surface area contributed by atoms with E-state index in [0.717, 1.165) is 34.3 Å². The topological polar surface area (TPSA) is 53.0 Å². The minimum Gasteiger partial charge on any atom is -0.497 e. The molecule has 0 aliphatic carbocycles. The van der Waals surface area contributed by atoms with Gasteiger partial charge in [0.1, 0.15) is 5.75 Å². The van der Waals surface area contributed by atoms with Crippen molar-refractivity contribution in [2.45, 2.75) is 29.2 Å². The second-order valence-corrected chi connectivity index (χ2v) is 8.99. The van der Waals surface area contributed by atoms with Crippen LogP contribution in [0.1, 0.15) is 13.8 Å². The number of hydrogen-bond acceptors (Lipinski definition) is 5. The highest BCUT2D eigenvalue weighted by atomic mass is 35.5. The number of carboxylic acids is 1. The average molecular weight is 421 g/mol. The molecule has 1 aliphatic rings. The third kappa shape index (κ3) is 4.93. The maximum Gasteiger partial charge on any atom is 0.317 e. The number of ether oxygens (including phenoxy) is 1. The van der Waals surface area contributed by atoms with E-state index in [0.29, 0.717) is 11.6 Å². The van der Waals surface area contributed by atoms with Crippen LogP contribution in [0.4, 0.5) is 5.69 Å². The van der Waals surface area contributed by atoms with Crippen LogP contribution in [0.15, 0.2) is 52.3 Å². The van der Waals surface area contributed by atoms with Gasteiger partial charge in [-0.2, -0.15) is 0 Å². The average Bonchev–Trinajstić information content (AvgIpc) is 2.65. The summed E-state index contributed by atoms with van der Waals surface area (Å²) in [4.78, 5) is 17.7. The summed E-state index contributed by atoms with van der Waals surface area (Å²) in [7, 11) is 1.66. The summed E-state index contributed by atoms with van der Waals surface area (Å²) in [6, 6.07) is 13.9. The molecule has 0 aromatic heterocycles. The van der Waals surface area contributed by atoms with Crippen molar-refractivity contribution in [1.29, 1.82) is 0 Å². The number of benzene rings is 2. The Kier molecular flexibility index (Phi) is 6.43. The van der Waals surface area contributed by atoms with Gasteiger partial charge in [-0.15, -0.1) is 0 Å². The number of carboxylic acid groups (broad SMARTS) is 1. The van der Waals surface area contributed by atoms with Crippen molar-refractivity contribution in [2.75, 3.05) is 38.2 Å². The van der Waals surface area contributed by atoms with Crippen LogP contribution < -0.4 is 9.64 Å². The summed E-state index contributed by atoms with van der Waals surface area (Å²) in [5.74, 6) is 0.0389. The van der Waals surface area contributed by atoms with Crippen molar-refractivity contribution < 1.29 is 14.6 Å². The Morgan fingerprint density at radius 2 is 1.93 bits per heavy atom. The van der Waals surface area contributed by atoms with Crippen LogP contribution in [-0.2, 0) is 4.79 Å². The first-order valence-corrected chi connectivity index (χ1v) is 10.3. The second kappa shape index (κ2) is 8.64. The van der Waals surface area contributed by atoms with Crippen LogP contribution in [0, 0.1) is 0 Å². The van der Waals surface area contributed by atoms with E-state index in [9.17, 15) is 9.90 Å². The monoisotopic (exact) mass is 420 g/mol. The standard InChI is InChI=1S/C21H25ClN2O3S/c1-21(2)14-23(10-11-24(21)13-20(25)26)18-12-15(22)4-9-19(18)28-17-7-5-16(27-3)6-8-17/h4-9,12H,10-11,13-14H2,1-3H3,(H,25,26). The number of methoxy groups -OCH3 is 1. The number of halogens is 1. The van der Waals surface area contributed by atoms with Gasteiger partial charge in [-0.3, -0.25) is 9.69 Å². The first-order valence-electron chi connectivity index (χ1n) is 9.12. The molecule has 0 spiro atoms. The summed E-state index contributed by atoms with van der Waals surface area (Å²) >= 11 is 7.99. The molecule has 1 fully saturated rings. The Labute approximate surface area is 175 Å². The third-order valence-electron chi connectivity index (χ3n) is 4.95. The van der Waals surface area contributed by atoms with Crippen molar-refractivity contribution in [3.63, 3.8) is 0 Å². The maximum absolute atomic E-state index is 11.2. The second-order valence-electron chi connectivity index (χ2n) is 7.44. The highest BCUT2D eigenvalue weighted by molar-refractivity contribution is 7.99. The van der Waals surface area contributed by atoms with Gasteiger partial charge in [0.2, 0.25) is 0 Å². The van der Waals surface area contributed by atoms with Crippen LogP contribution in [0.2, 0.25) is 5.02 Å². The lowest BCUT2D eigenvalue weighted by atomic mass is 9.98. The summed E-state index contributed by atoms with van der Waals surface area (Å²) in [5, 5.41) is 9.87. The highest BCUT2D eigenvalue weighted by Gasteiger charge is 2.35. The molecule has 0 atom stereocenters. The number of nitrogens with zero attached hydrogens (tertiary/aromatic N) is 2. The molecule has 0 bridgehead atoms. The lowest BCUT2D eigenvalue weighted by molar-refractivity contribution is -0.140. The largest absolute Gasteiger partial charge is 0.497 e. The zero-order valence-corrected chi connectivity index (χ0v) is 17.9. The van der Waals surface area contributed by atoms with E-state index < -0.39 is 5.97 Å². The van der Waals surface area contributed by atoms with Gasteiger partial charge in [-0.05, 0) is 56.3 Å². The summed E-state index contributed by atoms with van der Waals surface area (Å²) in [5.41, 5.74) is 0.831. The third-order valence-corrected chi connectivity index (χ3v) is 6.26. The SMILES string of the molecule is COc1ccc(Sc2ccc(Cl)cc2N2CCN(CC(=O)O)C(C)(C)C2)cc1. The molecule has 2 aromatic rings. The predicted molar refractivity (Wildman–Crippen MR) is 114 cm³/mol. The Hall–Kier alpha value is -1.89. The van der Waals surface area contributed by atoms with Gasteiger partial charge in [-0.1, -0.05) is 23.4 Å². The van der Waals surface area contributed by atoms with Crippen LogP contribution in [0.3, 0.4) is 0 Å². The summed E-state index contributed by atoms with van der Waals surface area (Å²) in [6.07, 6.45) is 0. The van der Waals surface area contributed by atoms with E-state index in [1.54, 1.807) is 18.9 Å². The van der Waals surface area contributed by atoms with Gasteiger partial charge < -0.3 is 14.7 Å². The van der Waals surface area contributed by atoms with E-state index in [1.807, 2.05) is 47.4 Å². The van der Waals surface area contributed by atoms with Gasteiger partial charge in [0.25, 0.3) is 0 Å². The maximum atomic E-state index is 11.2. The molecular formula is C21H25ClN2O3S. The number of rotatable bonds is 6. The zero-order chi connectivity index (χ0) is 20.3. The molecular weight excluding hydrogens is 396 g/mol. The normalized spacial score (nSPS) is 16.8. The molecule has 0 saturated carbocycles. The van der Waals surface area contributed by atoms with Crippen molar-refractivity contribution in [3.8, 4) is 5.75 Å². The van der Waals surface area contributed by atoms with Crippen molar-refractivity contribution >= 4 is 35.0 Å². The summed E-state index contributed by atoms with van der Waals surface area (Å²) in [6.45, 7) is 6.41. The fraction of sp³-hybridized carbons (Fsp3) is 0.381. The van der Waals surface area contributed by atoms with Gasteiger partial charge in [0.05, 0.1) is 19.3 Å². The van der Waals surface area contributed by atoms with E-state index in [2.05, 4.69) is 18.7 Å². The molecule has 1 saturated heterocycles. The molecule has 7 heteroatoms. The molecule has 150 valence electrons. The van der Waals surface area contributed by atoms with Crippen molar-refractivity contribution in [1.82, 2.24) is 4.90 Å². The lowest BCUT2D eigenvalue weighted by Crippen LogP contribution is -2.60. The highest BCUT2D eigenvalue weighted by Crippen LogP contribution is 2.39. The molecule has 3 rings (SSSR count).